The van der Waals surface area contributed by atoms with Gasteiger partial charge in [-0.05, 0) is 37.9 Å². The maximum absolute atomic E-state index is 5.61. The lowest BCUT2D eigenvalue weighted by atomic mass is 9.99. The van der Waals surface area contributed by atoms with Crippen LogP contribution < -0.4 is 16.6 Å². The maximum atomic E-state index is 5.61. The zero-order chi connectivity index (χ0) is 13.8. The van der Waals surface area contributed by atoms with Crippen LogP contribution in [0.4, 0.5) is 5.69 Å². The molecular weight excluding hydrogens is 250 g/mol. The SMILES string of the molecule is NNC(=NC1CCN2CCCCC12)Nc1ccccc1. The summed E-state index contributed by atoms with van der Waals surface area (Å²) >= 11 is 0. The number of nitrogens with zero attached hydrogens (tertiary/aromatic N) is 2. The van der Waals surface area contributed by atoms with Crippen LogP contribution in [0.15, 0.2) is 35.3 Å². The highest BCUT2D eigenvalue weighted by Gasteiger charge is 2.35. The van der Waals surface area contributed by atoms with Crippen molar-refractivity contribution < 1.29 is 0 Å². The largest absolute Gasteiger partial charge is 0.325 e. The Balaban J connectivity index is 1.69. The summed E-state index contributed by atoms with van der Waals surface area (Å²) in [6.45, 7) is 2.40. The molecule has 108 valence electrons. The lowest BCUT2D eigenvalue weighted by molar-refractivity contribution is 0.190. The first kappa shape index (κ1) is 13.4. The Morgan fingerprint density at radius 3 is 2.80 bits per heavy atom. The molecule has 20 heavy (non-hydrogen) atoms. The van der Waals surface area contributed by atoms with E-state index in [1.165, 1.54) is 32.4 Å². The lowest BCUT2D eigenvalue weighted by Gasteiger charge is -2.31. The van der Waals surface area contributed by atoms with Gasteiger partial charge < -0.3 is 5.32 Å². The Labute approximate surface area is 120 Å². The number of para-hydroxylation sites is 1. The van der Waals surface area contributed by atoms with Crippen molar-refractivity contribution in [3.63, 3.8) is 0 Å². The zero-order valence-corrected chi connectivity index (χ0v) is 11.8. The fourth-order valence-corrected chi connectivity index (χ4v) is 3.30. The van der Waals surface area contributed by atoms with Gasteiger partial charge in [0.1, 0.15) is 0 Å². The second kappa shape index (κ2) is 6.24. The number of benzene rings is 1. The predicted octanol–water partition coefficient (Wildman–Crippen LogP) is 1.54. The van der Waals surface area contributed by atoms with E-state index in [9.17, 15) is 0 Å². The monoisotopic (exact) mass is 273 g/mol. The first-order valence-electron chi connectivity index (χ1n) is 7.47. The third kappa shape index (κ3) is 2.94. The van der Waals surface area contributed by atoms with Gasteiger partial charge in [0.15, 0.2) is 0 Å². The van der Waals surface area contributed by atoms with Crippen LogP contribution >= 0.6 is 0 Å². The minimum Gasteiger partial charge on any atom is -0.325 e. The molecule has 0 radical (unpaired) electrons. The number of fused-ring (bicyclic) bond motifs is 1. The molecule has 3 rings (SSSR count). The van der Waals surface area contributed by atoms with Gasteiger partial charge in [-0.3, -0.25) is 10.3 Å². The summed E-state index contributed by atoms with van der Waals surface area (Å²) in [5.41, 5.74) is 3.70. The predicted molar refractivity (Wildman–Crippen MR) is 82.4 cm³/mol. The van der Waals surface area contributed by atoms with Crippen molar-refractivity contribution in [3.05, 3.63) is 30.3 Å². The minimum atomic E-state index is 0.359. The van der Waals surface area contributed by atoms with Crippen LogP contribution in [0.2, 0.25) is 0 Å². The molecule has 2 heterocycles. The molecule has 2 fully saturated rings. The van der Waals surface area contributed by atoms with E-state index in [0.29, 0.717) is 18.0 Å². The van der Waals surface area contributed by atoms with E-state index in [1.54, 1.807) is 0 Å². The molecule has 0 saturated carbocycles. The molecule has 2 unspecified atom stereocenters. The number of nitrogens with two attached hydrogens (primary N) is 1. The van der Waals surface area contributed by atoms with Crippen molar-refractivity contribution in [1.29, 1.82) is 0 Å². The number of guanidine groups is 1. The lowest BCUT2D eigenvalue weighted by Crippen LogP contribution is -2.41. The van der Waals surface area contributed by atoms with Crippen LogP contribution in [0.1, 0.15) is 25.7 Å². The molecule has 1 aromatic carbocycles. The number of piperidine rings is 1. The van der Waals surface area contributed by atoms with E-state index in [-0.39, 0.29) is 0 Å². The Hall–Kier alpha value is -1.59. The Morgan fingerprint density at radius 2 is 2.00 bits per heavy atom. The molecule has 5 heteroatoms. The Bertz CT molecular complexity index is 459. The summed E-state index contributed by atoms with van der Waals surface area (Å²) in [6, 6.07) is 11.0. The molecule has 1 aromatic rings. The first-order chi connectivity index (χ1) is 9.86. The second-order valence-corrected chi connectivity index (χ2v) is 5.57. The van der Waals surface area contributed by atoms with Crippen LogP contribution in [0.3, 0.4) is 0 Å². The molecule has 5 nitrogen and oxygen atoms in total. The molecule has 0 spiro atoms. The molecule has 2 atom stereocenters. The van der Waals surface area contributed by atoms with E-state index in [0.717, 1.165) is 12.1 Å². The van der Waals surface area contributed by atoms with Crippen molar-refractivity contribution in [1.82, 2.24) is 10.3 Å². The summed E-state index contributed by atoms with van der Waals surface area (Å²) in [6.07, 6.45) is 5.05. The standard InChI is InChI=1S/C15H23N5/c16-19-15(17-12-6-2-1-3-7-12)18-13-9-11-20-10-5-4-8-14(13)20/h1-3,6-7,13-14H,4-5,8-11,16H2,(H2,17,18,19). The van der Waals surface area contributed by atoms with Gasteiger partial charge in [0, 0.05) is 18.3 Å². The quantitative estimate of drug-likeness (QED) is 0.331. The normalized spacial score (nSPS) is 27.1. The molecule has 0 amide bonds. The van der Waals surface area contributed by atoms with Crippen molar-refractivity contribution in [2.75, 3.05) is 18.4 Å². The van der Waals surface area contributed by atoms with E-state index < -0.39 is 0 Å². The number of hydrogen-bond donors (Lipinski definition) is 3. The van der Waals surface area contributed by atoms with Crippen molar-refractivity contribution in [2.24, 2.45) is 10.8 Å². The third-order valence-corrected chi connectivity index (χ3v) is 4.29. The van der Waals surface area contributed by atoms with Crippen molar-refractivity contribution >= 4 is 11.6 Å². The number of hydrazine groups is 1. The van der Waals surface area contributed by atoms with Crippen LogP contribution in [-0.4, -0.2) is 36.0 Å². The van der Waals surface area contributed by atoms with Gasteiger partial charge in [-0.2, -0.15) is 0 Å². The highest BCUT2D eigenvalue weighted by atomic mass is 15.3. The van der Waals surface area contributed by atoms with Gasteiger partial charge in [-0.1, -0.05) is 24.6 Å². The van der Waals surface area contributed by atoms with Gasteiger partial charge in [-0.25, -0.2) is 10.8 Å². The summed E-state index contributed by atoms with van der Waals surface area (Å²) in [5, 5.41) is 3.25. The smallest absolute Gasteiger partial charge is 0.210 e. The Morgan fingerprint density at radius 1 is 1.15 bits per heavy atom. The number of hydrogen-bond acceptors (Lipinski definition) is 3. The average molecular weight is 273 g/mol. The zero-order valence-electron chi connectivity index (χ0n) is 11.8. The highest BCUT2D eigenvalue weighted by Crippen LogP contribution is 2.29. The first-order valence-corrected chi connectivity index (χ1v) is 7.47. The molecule has 0 aromatic heterocycles. The number of rotatable bonds is 2. The highest BCUT2D eigenvalue weighted by molar-refractivity contribution is 5.93. The summed E-state index contributed by atoms with van der Waals surface area (Å²) in [7, 11) is 0. The molecule has 4 N–H and O–H groups in total. The van der Waals surface area contributed by atoms with Crippen LogP contribution in [0, 0.1) is 0 Å². The molecule has 0 aliphatic carbocycles. The van der Waals surface area contributed by atoms with Gasteiger partial charge >= 0.3 is 0 Å². The summed E-state index contributed by atoms with van der Waals surface area (Å²) in [4.78, 5) is 7.38. The van der Waals surface area contributed by atoms with Gasteiger partial charge in [0.2, 0.25) is 5.96 Å². The Kier molecular flexibility index (Phi) is 4.18. The second-order valence-electron chi connectivity index (χ2n) is 5.57. The third-order valence-electron chi connectivity index (χ3n) is 4.29. The van der Waals surface area contributed by atoms with Crippen LogP contribution in [0.5, 0.6) is 0 Å². The maximum Gasteiger partial charge on any atom is 0.210 e. The number of nitrogens with one attached hydrogen (secondary N) is 2. The molecule has 0 bridgehead atoms. The average Bonchev–Trinajstić information content (AvgIpc) is 2.91. The van der Waals surface area contributed by atoms with E-state index >= 15 is 0 Å². The van der Waals surface area contributed by atoms with E-state index in [1.807, 2.05) is 30.3 Å². The number of aliphatic imine (C=N–C) groups is 1. The molecule has 2 saturated heterocycles. The molecule has 2 aliphatic rings. The molecule has 2 aliphatic heterocycles. The topological polar surface area (TPSA) is 65.7 Å². The van der Waals surface area contributed by atoms with E-state index in [4.69, 9.17) is 10.8 Å². The fourth-order valence-electron chi connectivity index (χ4n) is 3.30. The summed E-state index contributed by atoms with van der Waals surface area (Å²) in [5.74, 6) is 6.27. The fraction of sp³-hybridized carbons (Fsp3) is 0.533. The summed E-state index contributed by atoms with van der Waals surface area (Å²) < 4.78 is 0. The van der Waals surface area contributed by atoms with Crippen molar-refractivity contribution in [3.8, 4) is 0 Å². The molecular formula is C15H23N5. The van der Waals surface area contributed by atoms with Crippen LogP contribution in [-0.2, 0) is 0 Å². The van der Waals surface area contributed by atoms with Gasteiger partial charge in [0.25, 0.3) is 0 Å². The number of anilines is 1. The van der Waals surface area contributed by atoms with Crippen molar-refractivity contribution in [2.45, 2.75) is 37.8 Å². The van der Waals surface area contributed by atoms with Gasteiger partial charge in [-0.15, -0.1) is 0 Å². The van der Waals surface area contributed by atoms with E-state index in [2.05, 4.69) is 15.6 Å². The van der Waals surface area contributed by atoms with Gasteiger partial charge in [0.05, 0.1) is 6.04 Å². The van der Waals surface area contributed by atoms with Crippen LogP contribution in [0.25, 0.3) is 0 Å². The minimum absolute atomic E-state index is 0.359.